The molecule has 0 aliphatic carbocycles. The number of carbonyl (C=O) groups is 2. The Balaban J connectivity index is 1.37. The van der Waals surface area contributed by atoms with E-state index in [-0.39, 0.29) is 17.9 Å². The van der Waals surface area contributed by atoms with Gasteiger partial charge in [-0.15, -0.1) is 0 Å². The van der Waals surface area contributed by atoms with Gasteiger partial charge in [-0.1, -0.05) is 42.5 Å². The summed E-state index contributed by atoms with van der Waals surface area (Å²) < 4.78 is 5.43. The average molecular weight is 395 g/mol. The highest BCUT2D eigenvalue weighted by Gasteiger charge is 2.23. The van der Waals surface area contributed by atoms with E-state index < -0.39 is 0 Å². The van der Waals surface area contributed by atoms with E-state index in [1.54, 1.807) is 0 Å². The quantitative estimate of drug-likeness (QED) is 0.747. The lowest BCUT2D eigenvalue weighted by Gasteiger charge is -2.32. The number of aryl methyl sites for hydroxylation is 1. The van der Waals surface area contributed by atoms with Gasteiger partial charge in [0.1, 0.15) is 5.75 Å². The summed E-state index contributed by atoms with van der Waals surface area (Å²) in [5.41, 5.74) is 2.16. The molecule has 3 rings (SSSR count). The summed E-state index contributed by atoms with van der Waals surface area (Å²) in [7, 11) is 0. The van der Waals surface area contributed by atoms with Crippen LogP contribution in [0, 0.1) is 0 Å². The lowest BCUT2D eigenvalue weighted by Crippen LogP contribution is -2.46. The molecule has 0 aromatic heterocycles. The fraction of sp³-hybridized carbons (Fsp3) is 0.417. The number of nitrogens with one attached hydrogen (secondary N) is 1. The Morgan fingerprint density at radius 3 is 2.34 bits per heavy atom. The standard InChI is InChI=1S/C24H30N2O3/c1-2-29-22-11-8-20(9-12-22)18-23(27)25-21-14-16-26(17-15-21)24(28)13-10-19-6-4-3-5-7-19/h3-9,11-12,21H,2,10,13-18H2,1H3,(H,25,27). The van der Waals surface area contributed by atoms with Crippen molar-refractivity contribution in [1.29, 1.82) is 0 Å². The van der Waals surface area contributed by atoms with Crippen LogP contribution in [0.3, 0.4) is 0 Å². The van der Waals surface area contributed by atoms with Crippen molar-refractivity contribution in [2.75, 3.05) is 19.7 Å². The molecule has 1 saturated heterocycles. The fourth-order valence-electron chi connectivity index (χ4n) is 3.66. The van der Waals surface area contributed by atoms with Crippen molar-refractivity contribution in [2.24, 2.45) is 0 Å². The fourth-order valence-corrected chi connectivity index (χ4v) is 3.66. The summed E-state index contributed by atoms with van der Waals surface area (Å²) in [5, 5.41) is 3.12. The maximum Gasteiger partial charge on any atom is 0.224 e. The zero-order valence-electron chi connectivity index (χ0n) is 17.1. The molecule has 154 valence electrons. The number of nitrogens with zero attached hydrogens (tertiary/aromatic N) is 1. The zero-order valence-corrected chi connectivity index (χ0v) is 17.1. The number of carbonyl (C=O) groups excluding carboxylic acids is 2. The molecule has 0 spiro atoms. The van der Waals surface area contributed by atoms with Crippen LogP contribution in [-0.4, -0.2) is 42.5 Å². The van der Waals surface area contributed by atoms with E-state index in [2.05, 4.69) is 17.4 Å². The van der Waals surface area contributed by atoms with Gasteiger partial charge in [-0.2, -0.15) is 0 Å². The first-order chi connectivity index (χ1) is 14.1. The van der Waals surface area contributed by atoms with Gasteiger partial charge in [-0.25, -0.2) is 0 Å². The van der Waals surface area contributed by atoms with Gasteiger partial charge in [0.05, 0.1) is 13.0 Å². The molecule has 2 aromatic carbocycles. The second-order valence-corrected chi connectivity index (χ2v) is 7.46. The summed E-state index contributed by atoms with van der Waals surface area (Å²) in [6.45, 7) is 4.00. The normalized spacial score (nSPS) is 14.4. The van der Waals surface area contributed by atoms with Crippen molar-refractivity contribution in [3.8, 4) is 5.75 Å². The maximum absolute atomic E-state index is 12.4. The van der Waals surface area contributed by atoms with Crippen LogP contribution in [0.15, 0.2) is 54.6 Å². The smallest absolute Gasteiger partial charge is 0.224 e. The van der Waals surface area contributed by atoms with Crippen molar-refractivity contribution in [2.45, 2.75) is 45.1 Å². The van der Waals surface area contributed by atoms with Gasteiger partial charge in [0.15, 0.2) is 0 Å². The molecule has 2 amide bonds. The Morgan fingerprint density at radius 1 is 1.00 bits per heavy atom. The van der Waals surface area contributed by atoms with Crippen LogP contribution in [0.2, 0.25) is 0 Å². The highest BCUT2D eigenvalue weighted by atomic mass is 16.5. The summed E-state index contributed by atoms with van der Waals surface area (Å²) in [6, 6.07) is 17.9. The lowest BCUT2D eigenvalue weighted by molar-refractivity contribution is -0.132. The third kappa shape index (κ3) is 6.63. The number of likely N-dealkylation sites (tertiary alicyclic amines) is 1. The maximum atomic E-state index is 12.4. The summed E-state index contributed by atoms with van der Waals surface area (Å²) in [6.07, 6.45) is 3.30. The van der Waals surface area contributed by atoms with Gasteiger partial charge in [0.2, 0.25) is 11.8 Å². The minimum absolute atomic E-state index is 0.0306. The molecule has 0 atom stereocenters. The van der Waals surface area contributed by atoms with Crippen LogP contribution >= 0.6 is 0 Å². The first-order valence-corrected chi connectivity index (χ1v) is 10.5. The Bertz CT molecular complexity index is 782. The number of hydrogen-bond donors (Lipinski definition) is 1. The van der Waals surface area contributed by atoms with Gasteiger partial charge >= 0.3 is 0 Å². The molecule has 1 N–H and O–H groups in total. The third-order valence-corrected chi connectivity index (χ3v) is 5.28. The number of piperidine rings is 1. The SMILES string of the molecule is CCOc1ccc(CC(=O)NC2CCN(C(=O)CCc3ccccc3)CC2)cc1. The largest absolute Gasteiger partial charge is 0.494 e. The Morgan fingerprint density at radius 2 is 1.69 bits per heavy atom. The van der Waals surface area contributed by atoms with Crippen molar-refractivity contribution in [1.82, 2.24) is 10.2 Å². The van der Waals surface area contributed by atoms with Crippen LogP contribution in [0.25, 0.3) is 0 Å². The average Bonchev–Trinajstić information content (AvgIpc) is 2.75. The molecule has 0 bridgehead atoms. The first-order valence-electron chi connectivity index (χ1n) is 10.5. The zero-order chi connectivity index (χ0) is 20.5. The molecule has 1 fully saturated rings. The van der Waals surface area contributed by atoms with E-state index in [1.165, 1.54) is 5.56 Å². The minimum atomic E-state index is 0.0306. The summed E-state index contributed by atoms with van der Waals surface area (Å²) >= 11 is 0. The Labute approximate surface area is 173 Å². The molecular weight excluding hydrogens is 364 g/mol. The van der Waals surface area contributed by atoms with E-state index in [0.29, 0.717) is 32.5 Å². The van der Waals surface area contributed by atoms with E-state index in [4.69, 9.17) is 4.74 Å². The van der Waals surface area contributed by atoms with Crippen molar-refractivity contribution >= 4 is 11.8 Å². The van der Waals surface area contributed by atoms with Gasteiger partial charge in [-0.3, -0.25) is 9.59 Å². The van der Waals surface area contributed by atoms with Crippen LogP contribution in [0.4, 0.5) is 0 Å². The molecule has 2 aromatic rings. The molecule has 1 aliphatic rings. The van der Waals surface area contributed by atoms with E-state index in [9.17, 15) is 9.59 Å². The second kappa shape index (κ2) is 10.6. The van der Waals surface area contributed by atoms with Gasteiger partial charge in [0, 0.05) is 25.6 Å². The molecule has 1 aliphatic heterocycles. The molecular formula is C24H30N2O3. The van der Waals surface area contributed by atoms with E-state index in [1.807, 2.05) is 54.3 Å². The molecule has 0 unspecified atom stereocenters. The molecule has 0 saturated carbocycles. The van der Waals surface area contributed by atoms with Gasteiger partial charge in [-0.05, 0) is 49.4 Å². The van der Waals surface area contributed by atoms with Gasteiger partial charge in [0.25, 0.3) is 0 Å². The van der Waals surface area contributed by atoms with Crippen molar-refractivity contribution < 1.29 is 14.3 Å². The molecule has 5 nitrogen and oxygen atoms in total. The van der Waals surface area contributed by atoms with Crippen LogP contribution in [0.1, 0.15) is 37.3 Å². The Kier molecular flexibility index (Phi) is 7.68. The predicted octanol–water partition coefficient (Wildman–Crippen LogP) is 3.37. The Hall–Kier alpha value is -2.82. The monoisotopic (exact) mass is 394 g/mol. The minimum Gasteiger partial charge on any atom is -0.494 e. The highest BCUT2D eigenvalue weighted by Crippen LogP contribution is 2.15. The molecule has 29 heavy (non-hydrogen) atoms. The second-order valence-electron chi connectivity index (χ2n) is 7.46. The van der Waals surface area contributed by atoms with E-state index in [0.717, 1.165) is 30.6 Å². The molecule has 5 heteroatoms. The predicted molar refractivity (Wildman–Crippen MR) is 114 cm³/mol. The number of hydrogen-bond acceptors (Lipinski definition) is 3. The van der Waals surface area contributed by atoms with Crippen LogP contribution in [0.5, 0.6) is 5.75 Å². The molecule has 0 radical (unpaired) electrons. The number of ether oxygens (including phenoxy) is 1. The number of benzene rings is 2. The number of rotatable bonds is 8. The van der Waals surface area contributed by atoms with Crippen molar-refractivity contribution in [3.63, 3.8) is 0 Å². The first kappa shape index (κ1) is 20.9. The molecule has 1 heterocycles. The van der Waals surface area contributed by atoms with Crippen molar-refractivity contribution in [3.05, 3.63) is 65.7 Å². The van der Waals surface area contributed by atoms with Crippen LogP contribution < -0.4 is 10.1 Å². The summed E-state index contributed by atoms with van der Waals surface area (Å²) in [4.78, 5) is 26.7. The highest BCUT2D eigenvalue weighted by molar-refractivity contribution is 5.79. The van der Waals surface area contributed by atoms with E-state index >= 15 is 0 Å². The summed E-state index contributed by atoms with van der Waals surface area (Å²) in [5.74, 6) is 1.05. The van der Waals surface area contributed by atoms with Gasteiger partial charge < -0.3 is 15.0 Å². The topological polar surface area (TPSA) is 58.6 Å². The number of amides is 2. The third-order valence-electron chi connectivity index (χ3n) is 5.28. The van der Waals surface area contributed by atoms with Crippen LogP contribution in [-0.2, 0) is 22.4 Å². The lowest BCUT2D eigenvalue weighted by atomic mass is 10.0.